The monoisotopic (exact) mass is 1020 g/mol. The van der Waals surface area contributed by atoms with Crippen molar-refractivity contribution in [2.75, 3.05) is 33.0 Å². The number of aliphatic hydroxyl groups is 7. The van der Waals surface area contributed by atoms with E-state index in [2.05, 4.69) is 62.5 Å². The van der Waals surface area contributed by atoms with Crippen LogP contribution in [0.3, 0.4) is 0 Å². The highest BCUT2D eigenvalue weighted by Gasteiger charge is 2.47. The zero-order valence-electron chi connectivity index (χ0n) is 44.9. The molecule has 7 N–H and O–H groups in total. The van der Waals surface area contributed by atoms with Crippen molar-refractivity contribution in [1.29, 1.82) is 0 Å². The number of ether oxygens (including phenoxy) is 6. The molecule has 11 unspecified atom stereocenters. The van der Waals surface area contributed by atoms with Gasteiger partial charge in [0.2, 0.25) is 0 Å². The summed E-state index contributed by atoms with van der Waals surface area (Å²) in [6, 6.07) is 0. The molecule has 0 aliphatic carbocycles. The van der Waals surface area contributed by atoms with Gasteiger partial charge < -0.3 is 64.2 Å². The van der Waals surface area contributed by atoms with Gasteiger partial charge in [0.25, 0.3) is 0 Å². The average molecular weight is 1030 g/mol. The van der Waals surface area contributed by atoms with E-state index in [0.717, 1.165) is 83.5 Å². The first-order chi connectivity index (χ1) is 35.1. The standard InChI is InChI=1S/C58H104O14/c1-3-5-7-9-11-13-15-17-19-21-23-24-25-27-29-31-33-35-37-39-41-50(60)70-47(44-67-42-40-38-36-34-32-30-28-26-22-20-18-16-14-12-10-8-6-4-2)45-68-57-56(66)54(64)52(62)49(72-57)46-69-58-55(65)53(63)51(61)48(43-59)71-58/h6,8,12,14,18,20,26,28,47-49,51-59,61-66H,3-5,7,9-11,13,15-17,19,21-25,27,29-46H2,1-2H3/b8-6-,14-12-,20-18-,28-26-. The van der Waals surface area contributed by atoms with Gasteiger partial charge in [-0.1, -0.05) is 204 Å². The fourth-order valence-corrected chi connectivity index (χ4v) is 8.98. The number of aliphatic hydroxyl groups excluding tert-OH is 7. The zero-order chi connectivity index (χ0) is 52.3. The molecule has 0 bridgehead atoms. The first kappa shape index (κ1) is 66.1. The minimum absolute atomic E-state index is 0.0501. The Morgan fingerprint density at radius 2 is 0.903 bits per heavy atom. The molecule has 0 aromatic rings. The summed E-state index contributed by atoms with van der Waals surface area (Å²) < 4.78 is 34.4. The van der Waals surface area contributed by atoms with Gasteiger partial charge in [-0.25, -0.2) is 0 Å². The van der Waals surface area contributed by atoms with Gasteiger partial charge in [0.05, 0.1) is 26.4 Å². The number of carbonyl (C=O) groups is 1. The maximum absolute atomic E-state index is 13.1. The molecule has 2 aliphatic heterocycles. The maximum Gasteiger partial charge on any atom is 0.306 e. The van der Waals surface area contributed by atoms with Crippen LogP contribution in [0, 0.1) is 0 Å². The second-order valence-corrected chi connectivity index (χ2v) is 20.1. The summed E-state index contributed by atoms with van der Waals surface area (Å²) >= 11 is 0. The summed E-state index contributed by atoms with van der Waals surface area (Å²) in [4.78, 5) is 13.1. The van der Waals surface area contributed by atoms with E-state index in [1.807, 2.05) is 0 Å². The second-order valence-electron chi connectivity index (χ2n) is 20.1. The highest BCUT2D eigenvalue weighted by atomic mass is 16.7. The van der Waals surface area contributed by atoms with E-state index in [4.69, 9.17) is 28.4 Å². The van der Waals surface area contributed by atoms with Crippen LogP contribution in [0.2, 0.25) is 0 Å². The van der Waals surface area contributed by atoms with Crippen LogP contribution in [-0.2, 0) is 33.2 Å². The van der Waals surface area contributed by atoms with Gasteiger partial charge in [0.15, 0.2) is 12.6 Å². The molecular formula is C58H104O14. The largest absolute Gasteiger partial charge is 0.457 e. The maximum atomic E-state index is 13.1. The van der Waals surface area contributed by atoms with Crippen molar-refractivity contribution in [3.63, 3.8) is 0 Å². The molecule has 2 saturated heterocycles. The lowest BCUT2D eigenvalue weighted by Crippen LogP contribution is -2.61. The molecule has 14 heteroatoms. The molecule has 2 rings (SSSR count). The molecule has 0 radical (unpaired) electrons. The van der Waals surface area contributed by atoms with Crippen LogP contribution in [0.15, 0.2) is 48.6 Å². The predicted octanol–water partition coefficient (Wildman–Crippen LogP) is 9.91. The van der Waals surface area contributed by atoms with E-state index in [-0.39, 0.29) is 25.6 Å². The van der Waals surface area contributed by atoms with Gasteiger partial charge >= 0.3 is 5.97 Å². The molecule has 0 aromatic carbocycles. The summed E-state index contributed by atoms with van der Waals surface area (Å²) in [5.41, 5.74) is 0. The first-order valence-corrected chi connectivity index (χ1v) is 28.7. The number of esters is 1. The Kier molecular flexibility index (Phi) is 41.4. The third kappa shape index (κ3) is 31.7. The van der Waals surface area contributed by atoms with Crippen LogP contribution in [0.25, 0.3) is 0 Å². The predicted molar refractivity (Wildman–Crippen MR) is 284 cm³/mol. The summed E-state index contributed by atoms with van der Waals surface area (Å²) in [6.45, 7) is 3.56. The minimum Gasteiger partial charge on any atom is -0.457 e. The van der Waals surface area contributed by atoms with Crippen molar-refractivity contribution >= 4 is 5.97 Å². The van der Waals surface area contributed by atoms with Gasteiger partial charge in [0, 0.05) is 13.0 Å². The van der Waals surface area contributed by atoms with Crippen molar-refractivity contribution in [1.82, 2.24) is 0 Å². The summed E-state index contributed by atoms with van der Waals surface area (Å²) in [5.74, 6) is -0.380. The van der Waals surface area contributed by atoms with Crippen LogP contribution >= 0.6 is 0 Å². The molecule has 2 heterocycles. The van der Waals surface area contributed by atoms with Gasteiger partial charge in [-0.05, 0) is 51.4 Å². The van der Waals surface area contributed by atoms with Crippen molar-refractivity contribution in [3.05, 3.63) is 48.6 Å². The molecule has 2 aliphatic rings. The molecule has 420 valence electrons. The van der Waals surface area contributed by atoms with Crippen molar-refractivity contribution < 1.29 is 69.0 Å². The Bertz CT molecular complexity index is 1370. The van der Waals surface area contributed by atoms with E-state index in [1.54, 1.807) is 0 Å². The second kappa shape index (κ2) is 45.2. The van der Waals surface area contributed by atoms with Crippen molar-refractivity contribution in [2.24, 2.45) is 0 Å². The Morgan fingerprint density at radius 1 is 0.472 bits per heavy atom. The van der Waals surface area contributed by atoms with E-state index in [9.17, 15) is 40.5 Å². The molecular weight excluding hydrogens is 921 g/mol. The first-order valence-electron chi connectivity index (χ1n) is 28.7. The van der Waals surface area contributed by atoms with Crippen LogP contribution in [-0.4, -0.2) is 142 Å². The van der Waals surface area contributed by atoms with Crippen LogP contribution in [0.4, 0.5) is 0 Å². The highest BCUT2D eigenvalue weighted by Crippen LogP contribution is 2.27. The van der Waals surface area contributed by atoms with Crippen molar-refractivity contribution in [3.8, 4) is 0 Å². The van der Waals surface area contributed by atoms with Gasteiger partial charge in [-0.15, -0.1) is 0 Å². The zero-order valence-corrected chi connectivity index (χ0v) is 44.9. The number of allylic oxidation sites excluding steroid dienone is 8. The molecule has 11 atom stereocenters. The number of carbonyl (C=O) groups excluding carboxylic acids is 1. The van der Waals surface area contributed by atoms with Crippen LogP contribution < -0.4 is 0 Å². The Labute approximate surface area is 435 Å². The lowest BCUT2D eigenvalue weighted by molar-refractivity contribution is -0.332. The molecule has 0 saturated carbocycles. The lowest BCUT2D eigenvalue weighted by atomic mass is 9.98. The molecule has 0 amide bonds. The van der Waals surface area contributed by atoms with Crippen LogP contribution in [0.5, 0.6) is 0 Å². The number of hydrogen-bond donors (Lipinski definition) is 7. The van der Waals surface area contributed by atoms with E-state index < -0.39 is 80.7 Å². The fourth-order valence-electron chi connectivity index (χ4n) is 8.98. The van der Waals surface area contributed by atoms with E-state index in [0.29, 0.717) is 13.0 Å². The number of hydrogen-bond acceptors (Lipinski definition) is 14. The topological polar surface area (TPSA) is 214 Å². The Balaban J connectivity index is 1.73. The van der Waals surface area contributed by atoms with E-state index in [1.165, 1.54) is 103 Å². The Morgan fingerprint density at radius 3 is 1.42 bits per heavy atom. The highest BCUT2D eigenvalue weighted by molar-refractivity contribution is 5.69. The quantitative estimate of drug-likeness (QED) is 0.0172. The normalized spacial score (nSPS) is 25.5. The molecule has 0 aromatic heterocycles. The van der Waals surface area contributed by atoms with Crippen molar-refractivity contribution in [2.45, 2.75) is 280 Å². The van der Waals surface area contributed by atoms with Gasteiger partial charge in [-0.3, -0.25) is 4.79 Å². The summed E-state index contributed by atoms with van der Waals surface area (Å²) in [7, 11) is 0. The number of unbranched alkanes of at least 4 members (excludes halogenated alkanes) is 24. The third-order valence-electron chi connectivity index (χ3n) is 13.6. The third-order valence-corrected chi connectivity index (χ3v) is 13.6. The fraction of sp³-hybridized carbons (Fsp3) is 0.845. The lowest BCUT2D eigenvalue weighted by Gasteiger charge is -2.42. The van der Waals surface area contributed by atoms with Gasteiger partial charge in [-0.2, -0.15) is 0 Å². The molecule has 14 nitrogen and oxygen atoms in total. The Hall–Kier alpha value is -2.05. The molecule has 0 spiro atoms. The summed E-state index contributed by atoms with van der Waals surface area (Å²) in [5, 5.41) is 72.3. The summed E-state index contributed by atoms with van der Waals surface area (Å²) in [6.07, 6.45) is 37.4. The molecule has 72 heavy (non-hydrogen) atoms. The number of rotatable bonds is 46. The van der Waals surface area contributed by atoms with E-state index >= 15 is 0 Å². The van der Waals surface area contributed by atoms with Crippen LogP contribution in [0.1, 0.15) is 213 Å². The SMILES string of the molecule is CC/C=C\C/C=C\C/C=C\C/C=C\CCCCCCCOCC(COC1OC(COC2OC(CO)C(O)C(O)C2O)C(O)C(O)C1O)OC(=O)CCCCCCCCCCCCCCCCCCCCCC. The minimum atomic E-state index is -1.71. The average Bonchev–Trinajstić information content (AvgIpc) is 3.38. The molecule has 2 fully saturated rings. The van der Waals surface area contributed by atoms with Gasteiger partial charge in [0.1, 0.15) is 54.9 Å². The smallest absolute Gasteiger partial charge is 0.306 e.